The zero-order valence-electron chi connectivity index (χ0n) is 18.3. The zero-order chi connectivity index (χ0) is 22.5. The standard InChI is InChI=1S/C22H26N6O3/c1-6-18(29)15-11-23-19(26-22(30)13(2)3)10-17(15)25-16-9-7-8-14(20(16)31-5)21-24-12-28(4)27-21/h7-13H,6H2,1-5H3,(H2,23,25,26,30). The van der Waals surface area contributed by atoms with Crippen LogP contribution in [0, 0.1) is 5.92 Å². The maximum Gasteiger partial charge on any atom is 0.228 e. The highest BCUT2D eigenvalue weighted by molar-refractivity contribution is 6.02. The molecule has 0 bridgehead atoms. The minimum Gasteiger partial charge on any atom is -0.494 e. The monoisotopic (exact) mass is 422 g/mol. The van der Waals surface area contributed by atoms with Gasteiger partial charge in [0, 0.05) is 31.6 Å². The first-order valence-electron chi connectivity index (χ1n) is 9.98. The van der Waals surface area contributed by atoms with Crippen LogP contribution in [0.5, 0.6) is 5.75 Å². The Kier molecular flexibility index (Phi) is 6.64. The lowest BCUT2D eigenvalue weighted by molar-refractivity contribution is -0.118. The van der Waals surface area contributed by atoms with E-state index in [4.69, 9.17) is 4.74 Å². The summed E-state index contributed by atoms with van der Waals surface area (Å²) in [5.41, 5.74) is 2.28. The second-order valence-electron chi connectivity index (χ2n) is 7.29. The molecule has 0 aliphatic heterocycles. The molecule has 0 aliphatic carbocycles. The average Bonchev–Trinajstić information content (AvgIpc) is 3.19. The van der Waals surface area contributed by atoms with Crippen LogP contribution in [0.15, 0.2) is 36.8 Å². The molecule has 0 unspecified atom stereocenters. The maximum absolute atomic E-state index is 12.5. The summed E-state index contributed by atoms with van der Waals surface area (Å²) in [6.07, 6.45) is 3.41. The van der Waals surface area contributed by atoms with Gasteiger partial charge in [-0.05, 0) is 12.1 Å². The predicted octanol–water partition coefficient (Wildman–Crippen LogP) is 3.82. The lowest BCUT2D eigenvalue weighted by Crippen LogP contribution is -2.19. The molecule has 3 rings (SSSR count). The normalized spacial score (nSPS) is 10.8. The number of benzene rings is 1. The van der Waals surface area contributed by atoms with Gasteiger partial charge in [0.05, 0.1) is 29.6 Å². The van der Waals surface area contributed by atoms with Gasteiger partial charge in [0.2, 0.25) is 5.91 Å². The molecule has 0 atom stereocenters. The van der Waals surface area contributed by atoms with E-state index in [-0.39, 0.29) is 17.6 Å². The molecule has 3 aromatic rings. The number of hydrogen-bond acceptors (Lipinski definition) is 7. The summed E-state index contributed by atoms with van der Waals surface area (Å²) in [5.74, 6) is 0.987. The van der Waals surface area contributed by atoms with E-state index in [1.165, 1.54) is 6.20 Å². The molecule has 2 heterocycles. The van der Waals surface area contributed by atoms with Crippen molar-refractivity contribution in [2.45, 2.75) is 27.2 Å². The highest BCUT2D eigenvalue weighted by Crippen LogP contribution is 2.37. The molecule has 9 heteroatoms. The number of hydrogen-bond donors (Lipinski definition) is 2. The number of carbonyl (C=O) groups excluding carboxylic acids is 2. The molecule has 2 aromatic heterocycles. The zero-order valence-corrected chi connectivity index (χ0v) is 18.3. The van der Waals surface area contributed by atoms with Crippen molar-refractivity contribution in [3.8, 4) is 17.1 Å². The molecule has 1 amide bonds. The second kappa shape index (κ2) is 9.38. The van der Waals surface area contributed by atoms with Crippen molar-refractivity contribution in [3.05, 3.63) is 42.4 Å². The highest BCUT2D eigenvalue weighted by Gasteiger charge is 2.18. The number of rotatable bonds is 8. The molecule has 0 radical (unpaired) electrons. The number of nitrogens with zero attached hydrogens (tertiary/aromatic N) is 4. The molecule has 162 valence electrons. The van der Waals surface area contributed by atoms with Crippen molar-refractivity contribution in [1.29, 1.82) is 0 Å². The van der Waals surface area contributed by atoms with Crippen molar-refractivity contribution in [3.63, 3.8) is 0 Å². The number of carbonyl (C=O) groups is 2. The Labute approximate surface area is 180 Å². The van der Waals surface area contributed by atoms with Gasteiger partial charge in [0.15, 0.2) is 17.4 Å². The Balaban J connectivity index is 2.04. The number of methoxy groups -OCH3 is 1. The van der Waals surface area contributed by atoms with E-state index in [9.17, 15) is 9.59 Å². The molecule has 9 nitrogen and oxygen atoms in total. The molecule has 0 aliphatic rings. The molecule has 0 spiro atoms. The Hall–Kier alpha value is -3.75. The van der Waals surface area contributed by atoms with Crippen molar-refractivity contribution >= 4 is 28.9 Å². The van der Waals surface area contributed by atoms with Gasteiger partial charge >= 0.3 is 0 Å². The largest absolute Gasteiger partial charge is 0.494 e. The number of para-hydroxylation sites is 1. The van der Waals surface area contributed by atoms with Gasteiger partial charge in [0.1, 0.15) is 12.1 Å². The van der Waals surface area contributed by atoms with Crippen LogP contribution in [0.3, 0.4) is 0 Å². The summed E-state index contributed by atoms with van der Waals surface area (Å²) in [5, 5.41) is 10.4. The number of pyridine rings is 1. The van der Waals surface area contributed by atoms with Crippen LogP contribution >= 0.6 is 0 Å². The summed E-state index contributed by atoms with van der Waals surface area (Å²) in [6, 6.07) is 7.19. The first kappa shape index (κ1) is 21.9. The van der Waals surface area contributed by atoms with Gasteiger partial charge in [0.25, 0.3) is 0 Å². The minimum atomic E-state index is -0.196. The molecule has 2 N–H and O–H groups in total. The van der Waals surface area contributed by atoms with Gasteiger partial charge in [-0.1, -0.05) is 26.8 Å². The summed E-state index contributed by atoms with van der Waals surface area (Å²) in [4.78, 5) is 33.1. The van der Waals surface area contributed by atoms with Crippen molar-refractivity contribution in [2.24, 2.45) is 13.0 Å². The first-order valence-corrected chi connectivity index (χ1v) is 9.98. The van der Waals surface area contributed by atoms with Crippen molar-refractivity contribution < 1.29 is 14.3 Å². The van der Waals surface area contributed by atoms with Crippen molar-refractivity contribution in [1.82, 2.24) is 19.7 Å². The van der Waals surface area contributed by atoms with E-state index >= 15 is 0 Å². The van der Waals surface area contributed by atoms with E-state index in [1.54, 1.807) is 52.0 Å². The van der Waals surface area contributed by atoms with Crippen LogP contribution in [-0.4, -0.2) is 38.5 Å². The highest BCUT2D eigenvalue weighted by atomic mass is 16.5. The van der Waals surface area contributed by atoms with E-state index in [2.05, 4.69) is 25.7 Å². The third kappa shape index (κ3) is 4.88. The summed E-state index contributed by atoms with van der Waals surface area (Å²) < 4.78 is 7.25. The van der Waals surface area contributed by atoms with Gasteiger partial charge in [-0.25, -0.2) is 9.97 Å². The fourth-order valence-electron chi connectivity index (χ4n) is 2.95. The molecular weight excluding hydrogens is 396 g/mol. The Morgan fingerprint density at radius 3 is 2.58 bits per heavy atom. The Bertz CT molecular complexity index is 1110. The van der Waals surface area contributed by atoms with Crippen LogP contribution in [0.4, 0.5) is 17.2 Å². The smallest absolute Gasteiger partial charge is 0.228 e. The summed E-state index contributed by atoms with van der Waals surface area (Å²) in [7, 11) is 3.35. The van der Waals surface area contributed by atoms with E-state index in [1.807, 2.05) is 18.2 Å². The van der Waals surface area contributed by atoms with Crippen LogP contribution in [-0.2, 0) is 11.8 Å². The number of ketones is 1. The molecule has 31 heavy (non-hydrogen) atoms. The number of aromatic nitrogens is 4. The quantitative estimate of drug-likeness (QED) is 0.531. The number of Topliss-reactive ketones (excluding diaryl/α,β-unsaturated/α-hetero) is 1. The maximum atomic E-state index is 12.5. The average molecular weight is 422 g/mol. The topological polar surface area (TPSA) is 111 Å². The molecule has 0 fully saturated rings. The van der Waals surface area contributed by atoms with Crippen LogP contribution in [0.1, 0.15) is 37.6 Å². The minimum absolute atomic E-state index is 0.0711. The SMILES string of the molecule is CCC(=O)c1cnc(NC(=O)C(C)C)cc1Nc1cccc(-c2ncn(C)n2)c1OC. The Morgan fingerprint density at radius 2 is 1.97 bits per heavy atom. The summed E-state index contributed by atoms with van der Waals surface area (Å²) >= 11 is 0. The fourth-order valence-corrected chi connectivity index (χ4v) is 2.95. The number of anilines is 3. The second-order valence-corrected chi connectivity index (χ2v) is 7.29. The predicted molar refractivity (Wildman–Crippen MR) is 119 cm³/mol. The van der Waals surface area contributed by atoms with Crippen LogP contribution < -0.4 is 15.4 Å². The van der Waals surface area contributed by atoms with Gasteiger partial charge < -0.3 is 15.4 Å². The number of aryl methyl sites for hydroxylation is 1. The molecule has 0 saturated heterocycles. The fraction of sp³-hybridized carbons (Fsp3) is 0.318. The first-order chi connectivity index (χ1) is 14.8. The molecular formula is C22H26N6O3. The van der Waals surface area contributed by atoms with Gasteiger partial charge in [-0.3, -0.25) is 14.3 Å². The lowest BCUT2D eigenvalue weighted by Gasteiger charge is -2.17. The van der Waals surface area contributed by atoms with Crippen LogP contribution in [0.25, 0.3) is 11.4 Å². The third-order valence-corrected chi connectivity index (χ3v) is 4.63. The molecule has 1 aromatic carbocycles. The van der Waals surface area contributed by atoms with Crippen molar-refractivity contribution in [2.75, 3.05) is 17.7 Å². The van der Waals surface area contributed by atoms with Crippen LogP contribution in [0.2, 0.25) is 0 Å². The third-order valence-electron chi connectivity index (χ3n) is 4.63. The Morgan fingerprint density at radius 1 is 1.19 bits per heavy atom. The van der Waals surface area contributed by atoms with E-state index in [0.29, 0.717) is 46.3 Å². The van der Waals surface area contributed by atoms with E-state index < -0.39 is 0 Å². The number of ether oxygens (including phenoxy) is 1. The number of nitrogens with one attached hydrogen (secondary N) is 2. The molecule has 0 saturated carbocycles. The van der Waals surface area contributed by atoms with Gasteiger partial charge in [-0.15, -0.1) is 0 Å². The van der Waals surface area contributed by atoms with E-state index in [0.717, 1.165) is 0 Å². The lowest BCUT2D eigenvalue weighted by atomic mass is 10.1. The summed E-state index contributed by atoms with van der Waals surface area (Å²) in [6.45, 7) is 5.38. The van der Waals surface area contributed by atoms with Gasteiger partial charge in [-0.2, -0.15) is 5.10 Å². The number of amides is 1.